The number of benzene rings is 2. The van der Waals surface area contributed by atoms with Crippen molar-refractivity contribution in [1.29, 1.82) is 0 Å². The van der Waals surface area contributed by atoms with E-state index in [1.807, 2.05) is 19.1 Å². The van der Waals surface area contributed by atoms with E-state index >= 15 is 0 Å². The molecule has 0 fully saturated rings. The Kier molecular flexibility index (Phi) is 8.59. The molecule has 0 aliphatic rings. The molecular formula is C26H29N3O5S. The van der Waals surface area contributed by atoms with E-state index in [9.17, 15) is 18.0 Å². The zero-order valence-corrected chi connectivity index (χ0v) is 20.8. The fourth-order valence-corrected chi connectivity index (χ4v) is 4.88. The molecule has 0 saturated heterocycles. The van der Waals surface area contributed by atoms with Crippen molar-refractivity contribution in [1.82, 2.24) is 9.88 Å². The van der Waals surface area contributed by atoms with Gasteiger partial charge in [0.25, 0.3) is 15.9 Å². The van der Waals surface area contributed by atoms with Gasteiger partial charge in [-0.15, -0.1) is 0 Å². The Morgan fingerprint density at radius 1 is 1.06 bits per heavy atom. The lowest BCUT2D eigenvalue weighted by Gasteiger charge is -2.22. The number of nitrogens with zero attached hydrogens (tertiary/aromatic N) is 2. The lowest BCUT2D eigenvalue weighted by molar-refractivity contribution is -0.143. The molecule has 0 spiro atoms. The van der Waals surface area contributed by atoms with Crippen LogP contribution in [0.15, 0.2) is 71.9 Å². The van der Waals surface area contributed by atoms with Crippen LogP contribution >= 0.6 is 0 Å². The van der Waals surface area contributed by atoms with Crippen molar-refractivity contribution in [2.24, 2.45) is 0 Å². The molecule has 8 nitrogen and oxygen atoms in total. The van der Waals surface area contributed by atoms with Gasteiger partial charge in [0, 0.05) is 36.7 Å². The van der Waals surface area contributed by atoms with Crippen LogP contribution in [0.4, 0.5) is 5.69 Å². The smallest absolute Gasteiger partial charge is 0.307 e. The highest BCUT2D eigenvalue weighted by Crippen LogP contribution is 2.21. The van der Waals surface area contributed by atoms with Crippen LogP contribution in [0.25, 0.3) is 0 Å². The van der Waals surface area contributed by atoms with Crippen molar-refractivity contribution in [3.05, 3.63) is 89.2 Å². The van der Waals surface area contributed by atoms with Crippen LogP contribution in [0.1, 0.15) is 40.4 Å². The van der Waals surface area contributed by atoms with E-state index in [1.54, 1.807) is 73.6 Å². The Bertz CT molecular complexity index is 1280. The minimum atomic E-state index is -3.78. The van der Waals surface area contributed by atoms with Gasteiger partial charge in [0.15, 0.2) is 0 Å². The van der Waals surface area contributed by atoms with Gasteiger partial charge in [-0.05, 0) is 73.9 Å². The molecule has 0 radical (unpaired) electrons. The topological polar surface area (TPSA) is 106 Å². The summed E-state index contributed by atoms with van der Waals surface area (Å²) in [6.07, 6.45) is 3.37. The number of hydrogen-bond acceptors (Lipinski definition) is 6. The van der Waals surface area contributed by atoms with Crippen LogP contribution in [0.2, 0.25) is 0 Å². The number of carbonyl (C=O) groups excluding carboxylic acids is 2. The van der Waals surface area contributed by atoms with Crippen molar-refractivity contribution < 1.29 is 22.7 Å². The van der Waals surface area contributed by atoms with Crippen LogP contribution in [0.3, 0.4) is 0 Å². The molecular weight excluding hydrogens is 466 g/mol. The largest absolute Gasteiger partial charge is 0.466 e. The number of sulfonamides is 1. The molecule has 2 aromatic carbocycles. The molecule has 0 saturated carbocycles. The van der Waals surface area contributed by atoms with Crippen molar-refractivity contribution in [3.8, 4) is 0 Å². The molecule has 0 bridgehead atoms. The molecule has 0 atom stereocenters. The zero-order chi connectivity index (χ0) is 25.4. The van der Waals surface area contributed by atoms with Crippen LogP contribution in [-0.2, 0) is 26.1 Å². The predicted octanol–water partition coefficient (Wildman–Crippen LogP) is 4.09. The van der Waals surface area contributed by atoms with Crippen LogP contribution in [0.5, 0.6) is 0 Å². The third kappa shape index (κ3) is 7.13. The second-order valence-electron chi connectivity index (χ2n) is 8.09. The summed E-state index contributed by atoms with van der Waals surface area (Å²) in [5.74, 6) is -0.672. The summed E-state index contributed by atoms with van der Waals surface area (Å²) in [6, 6.07) is 15.1. The Morgan fingerprint density at radius 2 is 1.80 bits per heavy atom. The molecule has 1 amide bonds. The first-order valence-electron chi connectivity index (χ1n) is 11.2. The molecule has 1 aromatic heterocycles. The van der Waals surface area contributed by atoms with E-state index in [0.717, 1.165) is 11.1 Å². The molecule has 1 N–H and O–H groups in total. The maximum atomic E-state index is 13.2. The van der Waals surface area contributed by atoms with E-state index in [2.05, 4.69) is 9.71 Å². The minimum absolute atomic E-state index is 0.0631. The average Bonchev–Trinajstić information content (AvgIpc) is 2.84. The number of amides is 1. The second-order valence-corrected chi connectivity index (χ2v) is 9.75. The lowest BCUT2D eigenvalue weighted by Crippen LogP contribution is -2.33. The number of esters is 1. The number of aryl methyl sites for hydroxylation is 2. The van der Waals surface area contributed by atoms with E-state index in [4.69, 9.17) is 4.74 Å². The molecule has 9 heteroatoms. The average molecular weight is 496 g/mol. The third-order valence-electron chi connectivity index (χ3n) is 5.29. The first-order chi connectivity index (χ1) is 16.7. The Balaban J connectivity index is 1.77. The molecule has 0 aliphatic heterocycles. The first kappa shape index (κ1) is 25.9. The number of carbonyl (C=O) groups is 2. The summed E-state index contributed by atoms with van der Waals surface area (Å²) < 4.78 is 33.3. The van der Waals surface area contributed by atoms with E-state index in [-0.39, 0.29) is 42.9 Å². The quantitative estimate of drug-likeness (QED) is 0.425. The van der Waals surface area contributed by atoms with Gasteiger partial charge < -0.3 is 9.64 Å². The van der Waals surface area contributed by atoms with Crippen LogP contribution in [0, 0.1) is 13.8 Å². The number of anilines is 1. The minimum Gasteiger partial charge on any atom is -0.466 e. The SMILES string of the molecule is CCOC(=O)CCN(Cc1cccnc1)C(=O)c1ccc(NS(=O)(=O)c2cc(C)ccc2C)cc1. The van der Waals surface area contributed by atoms with Crippen molar-refractivity contribution in [2.75, 3.05) is 17.9 Å². The number of ether oxygens (including phenoxy) is 1. The molecule has 35 heavy (non-hydrogen) atoms. The number of hydrogen-bond donors (Lipinski definition) is 1. The fraction of sp³-hybridized carbons (Fsp3) is 0.269. The van der Waals surface area contributed by atoms with Crippen LogP contribution < -0.4 is 4.72 Å². The monoisotopic (exact) mass is 495 g/mol. The van der Waals surface area contributed by atoms with Gasteiger partial charge in [0.2, 0.25) is 0 Å². The molecule has 3 rings (SSSR count). The standard InChI is InChI=1S/C26H29N3O5S/c1-4-34-25(30)13-15-29(18-21-6-5-14-27-17-21)26(31)22-9-11-23(12-10-22)28-35(32,33)24-16-19(2)7-8-20(24)3/h5-12,14,16-17,28H,4,13,15,18H2,1-3H3. The highest BCUT2D eigenvalue weighted by atomic mass is 32.2. The van der Waals surface area contributed by atoms with Crippen LogP contribution in [-0.4, -0.2) is 43.3 Å². The van der Waals surface area contributed by atoms with Gasteiger partial charge in [-0.25, -0.2) is 8.42 Å². The first-order valence-corrected chi connectivity index (χ1v) is 12.7. The summed E-state index contributed by atoms with van der Waals surface area (Å²) in [4.78, 5) is 30.9. The Morgan fingerprint density at radius 3 is 2.46 bits per heavy atom. The lowest BCUT2D eigenvalue weighted by atomic mass is 10.1. The zero-order valence-electron chi connectivity index (χ0n) is 20.0. The van der Waals surface area contributed by atoms with Gasteiger partial charge in [0.05, 0.1) is 17.9 Å². The highest BCUT2D eigenvalue weighted by molar-refractivity contribution is 7.92. The van der Waals surface area contributed by atoms with Crippen molar-refractivity contribution in [3.63, 3.8) is 0 Å². The van der Waals surface area contributed by atoms with Gasteiger partial charge in [-0.3, -0.25) is 19.3 Å². The van der Waals surface area contributed by atoms with E-state index in [0.29, 0.717) is 16.8 Å². The summed E-state index contributed by atoms with van der Waals surface area (Å²) in [7, 11) is -3.78. The number of rotatable bonds is 10. The Hall–Kier alpha value is -3.72. The molecule has 1 heterocycles. The number of aromatic nitrogens is 1. The highest BCUT2D eigenvalue weighted by Gasteiger charge is 2.20. The van der Waals surface area contributed by atoms with E-state index < -0.39 is 10.0 Å². The van der Waals surface area contributed by atoms with E-state index in [1.165, 1.54) is 0 Å². The van der Waals surface area contributed by atoms with Gasteiger partial charge >= 0.3 is 5.97 Å². The summed E-state index contributed by atoms with van der Waals surface area (Å²) in [5.41, 5.74) is 3.01. The van der Waals surface area contributed by atoms with Gasteiger partial charge in [-0.1, -0.05) is 18.2 Å². The molecule has 3 aromatic rings. The summed E-state index contributed by atoms with van der Waals surface area (Å²) >= 11 is 0. The molecule has 0 aliphatic carbocycles. The normalized spacial score (nSPS) is 11.1. The maximum Gasteiger partial charge on any atom is 0.307 e. The second kappa shape index (κ2) is 11.6. The fourth-order valence-electron chi connectivity index (χ4n) is 3.49. The Labute approximate surface area is 206 Å². The summed E-state index contributed by atoms with van der Waals surface area (Å²) in [6.45, 7) is 6.02. The molecule has 184 valence electrons. The maximum absolute atomic E-state index is 13.2. The predicted molar refractivity (Wildman–Crippen MR) is 133 cm³/mol. The molecule has 0 unspecified atom stereocenters. The number of nitrogens with one attached hydrogen (secondary N) is 1. The van der Waals surface area contributed by atoms with Crippen molar-refractivity contribution >= 4 is 27.6 Å². The third-order valence-corrected chi connectivity index (χ3v) is 6.82. The van der Waals surface area contributed by atoms with Gasteiger partial charge in [0.1, 0.15) is 0 Å². The number of pyridine rings is 1. The van der Waals surface area contributed by atoms with Gasteiger partial charge in [-0.2, -0.15) is 0 Å². The summed E-state index contributed by atoms with van der Waals surface area (Å²) in [5, 5.41) is 0. The van der Waals surface area contributed by atoms with Crippen molar-refractivity contribution in [2.45, 2.75) is 38.6 Å².